The summed E-state index contributed by atoms with van der Waals surface area (Å²) in [4.78, 5) is 17.5. The monoisotopic (exact) mass is 530 g/mol. The van der Waals surface area contributed by atoms with Gasteiger partial charge in [0.2, 0.25) is 5.60 Å². The Morgan fingerprint density at radius 2 is 1.86 bits per heavy atom. The highest BCUT2D eigenvalue weighted by Crippen LogP contribution is 2.53. The van der Waals surface area contributed by atoms with Crippen LogP contribution < -0.4 is 4.90 Å². The van der Waals surface area contributed by atoms with Crippen LogP contribution in [0.3, 0.4) is 0 Å². The summed E-state index contributed by atoms with van der Waals surface area (Å²) in [6.07, 6.45) is -1.69. The molecule has 4 nitrogen and oxygen atoms in total. The van der Waals surface area contributed by atoms with Crippen LogP contribution >= 0.6 is 23.4 Å². The molecule has 1 unspecified atom stereocenters. The van der Waals surface area contributed by atoms with Crippen LogP contribution in [-0.2, 0) is 16.6 Å². The number of fused-ring (bicyclic) bond motifs is 1. The number of hydrogen-bond donors (Lipinski definition) is 1. The van der Waals surface area contributed by atoms with Crippen LogP contribution in [0.4, 0.5) is 23.2 Å². The normalized spacial score (nSPS) is 24.2. The van der Waals surface area contributed by atoms with Crippen molar-refractivity contribution in [2.75, 3.05) is 30.8 Å². The average molecular weight is 531 g/mol. The number of rotatable bonds is 7. The van der Waals surface area contributed by atoms with Gasteiger partial charge in [-0.15, -0.1) is 11.8 Å². The molecule has 0 saturated heterocycles. The minimum atomic E-state index is -4.89. The first kappa shape index (κ1) is 26.3. The van der Waals surface area contributed by atoms with Crippen molar-refractivity contribution in [2.45, 2.75) is 49.4 Å². The number of amides is 1. The van der Waals surface area contributed by atoms with E-state index in [9.17, 15) is 27.5 Å². The number of nitrogens with zero attached hydrogens (tertiary/aromatic N) is 2. The fourth-order valence-corrected chi connectivity index (χ4v) is 6.11. The summed E-state index contributed by atoms with van der Waals surface area (Å²) >= 11 is 7.27. The van der Waals surface area contributed by atoms with Gasteiger partial charge in [-0.1, -0.05) is 31.5 Å². The van der Waals surface area contributed by atoms with E-state index < -0.39 is 40.2 Å². The number of hydrogen-bond acceptors (Lipinski definition) is 4. The highest BCUT2D eigenvalue weighted by Gasteiger charge is 2.58. The van der Waals surface area contributed by atoms with Crippen molar-refractivity contribution in [3.8, 4) is 0 Å². The molecule has 1 N–H and O–H groups in total. The lowest BCUT2D eigenvalue weighted by Gasteiger charge is -2.43. The Labute approximate surface area is 211 Å². The number of halogens is 5. The van der Waals surface area contributed by atoms with Gasteiger partial charge in [0.1, 0.15) is 5.82 Å². The first-order chi connectivity index (χ1) is 16.5. The molecule has 4 rings (SSSR count). The van der Waals surface area contributed by atoms with E-state index in [1.165, 1.54) is 23.1 Å². The number of thioether (sulfide) groups is 1. The molecule has 1 heterocycles. The minimum absolute atomic E-state index is 0.0446. The highest BCUT2D eigenvalue weighted by molar-refractivity contribution is 7.98. The van der Waals surface area contributed by atoms with Crippen LogP contribution in [0.2, 0.25) is 5.02 Å². The van der Waals surface area contributed by atoms with Crippen LogP contribution in [-0.4, -0.2) is 47.8 Å². The van der Waals surface area contributed by atoms with Crippen LogP contribution in [0.15, 0.2) is 35.2 Å². The summed E-state index contributed by atoms with van der Waals surface area (Å²) in [5, 5.41) is 11.4. The zero-order valence-corrected chi connectivity index (χ0v) is 21.2. The number of alkyl halides is 3. The molecular weight excluding hydrogens is 504 g/mol. The van der Waals surface area contributed by atoms with Gasteiger partial charge in [0.05, 0.1) is 21.8 Å². The van der Waals surface area contributed by atoms with Gasteiger partial charge < -0.3 is 14.9 Å². The van der Waals surface area contributed by atoms with E-state index in [1.807, 2.05) is 0 Å². The summed E-state index contributed by atoms with van der Waals surface area (Å²) in [6.45, 7) is 6.04. The first-order valence-electron chi connectivity index (χ1n) is 11.5. The molecule has 190 valence electrons. The van der Waals surface area contributed by atoms with Crippen molar-refractivity contribution in [1.29, 1.82) is 0 Å². The van der Waals surface area contributed by atoms with Crippen LogP contribution in [0.1, 0.15) is 43.4 Å². The molecule has 2 aromatic carbocycles. The molecule has 0 bridgehead atoms. The zero-order valence-electron chi connectivity index (χ0n) is 19.6. The molecule has 1 aliphatic carbocycles. The van der Waals surface area contributed by atoms with Gasteiger partial charge >= 0.3 is 6.18 Å². The Morgan fingerprint density at radius 3 is 2.40 bits per heavy atom. The molecule has 1 saturated carbocycles. The summed E-state index contributed by atoms with van der Waals surface area (Å²) in [5.41, 5.74) is -5.46. The molecule has 1 atom stereocenters. The smallest absolute Gasteiger partial charge is 0.372 e. The van der Waals surface area contributed by atoms with Crippen molar-refractivity contribution in [2.24, 2.45) is 5.92 Å². The van der Waals surface area contributed by atoms with E-state index in [4.69, 9.17) is 11.6 Å². The maximum Gasteiger partial charge on any atom is 0.416 e. The predicted octanol–water partition coefficient (Wildman–Crippen LogP) is 5.92. The molecule has 1 amide bonds. The zero-order chi connectivity index (χ0) is 25.7. The van der Waals surface area contributed by atoms with Crippen molar-refractivity contribution < 1.29 is 27.5 Å². The van der Waals surface area contributed by atoms with Gasteiger partial charge in [0.15, 0.2) is 0 Å². The van der Waals surface area contributed by atoms with Crippen molar-refractivity contribution >= 4 is 35.0 Å². The summed E-state index contributed by atoms with van der Waals surface area (Å²) in [6, 6.07) is 6.18. The van der Waals surface area contributed by atoms with Crippen LogP contribution in [0.5, 0.6) is 0 Å². The maximum absolute atomic E-state index is 15.0. The Hall–Kier alpha value is -1.81. The second kappa shape index (κ2) is 9.57. The topological polar surface area (TPSA) is 43.8 Å². The lowest BCUT2D eigenvalue weighted by Crippen LogP contribution is -2.50. The summed E-state index contributed by atoms with van der Waals surface area (Å²) in [7, 11) is 0. The maximum atomic E-state index is 15.0. The molecule has 2 aliphatic rings. The number of anilines is 1. The molecule has 2 aromatic rings. The van der Waals surface area contributed by atoms with Gasteiger partial charge in [0, 0.05) is 23.0 Å². The number of carbonyl (C=O) groups excluding carboxylic acids is 1. The lowest BCUT2D eigenvalue weighted by atomic mass is 9.78. The van der Waals surface area contributed by atoms with E-state index in [-0.39, 0.29) is 28.1 Å². The fourth-order valence-electron chi connectivity index (χ4n) is 5.35. The standard InChI is InChI=1S/C25H27ClF4N2O2S/c1-4-31(5-2)15-9-14(10-15)13-32-20-12-16(35-3)11-17(25(28,29)30)21(20)24(34,23(32)33)22-18(26)7-6-8-19(22)27/h6-8,11-12,14-15,34H,4-5,9-10,13H2,1-3H3/t14-,15-,24?. The van der Waals surface area contributed by atoms with Crippen LogP contribution in [0, 0.1) is 11.7 Å². The van der Waals surface area contributed by atoms with E-state index in [1.54, 1.807) is 6.26 Å². The average Bonchev–Trinajstić information content (AvgIpc) is 2.98. The molecule has 10 heteroatoms. The molecule has 1 aliphatic heterocycles. The Kier molecular flexibility index (Phi) is 7.18. The first-order valence-corrected chi connectivity index (χ1v) is 13.1. The van der Waals surface area contributed by atoms with E-state index in [2.05, 4.69) is 18.7 Å². The van der Waals surface area contributed by atoms with Gasteiger partial charge in [0.25, 0.3) is 5.91 Å². The number of carbonyl (C=O) groups is 1. The number of benzene rings is 2. The van der Waals surface area contributed by atoms with Crippen LogP contribution in [0.25, 0.3) is 0 Å². The molecular formula is C25H27ClF4N2O2S. The third kappa shape index (κ3) is 4.34. The van der Waals surface area contributed by atoms with Gasteiger partial charge in [-0.25, -0.2) is 4.39 Å². The molecule has 0 radical (unpaired) electrons. The van der Waals surface area contributed by atoms with Crippen molar-refractivity contribution in [1.82, 2.24) is 4.90 Å². The van der Waals surface area contributed by atoms with E-state index in [0.717, 1.165) is 49.8 Å². The molecule has 1 fully saturated rings. The Morgan fingerprint density at radius 1 is 1.20 bits per heavy atom. The van der Waals surface area contributed by atoms with Gasteiger partial charge in [-0.2, -0.15) is 13.2 Å². The third-order valence-corrected chi connectivity index (χ3v) is 8.17. The van der Waals surface area contributed by atoms with Gasteiger partial charge in [-0.3, -0.25) is 4.79 Å². The third-order valence-electron chi connectivity index (χ3n) is 7.14. The highest BCUT2D eigenvalue weighted by atomic mass is 35.5. The Balaban J connectivity index is 1.85. The lowest BCUT2D eigenvalue weighted by molar-refractivity contribution is -0.142. The fraction of sp³-hybridized carbons (Fsp3) is 0.480. The second-order valence-corrected chi connectivity index (χ2v) is 10.3. The van der Waals surface area contributed by atoms with Crippen molar-refractivity contribution in [3.05, 3.63) is 57.9 Å². The predicted molar refractivity (Wildman–Crippen MR) is 129 cm³/mol. The summed E-state index contributed by atoms with van der Waals surface area (Å²) < 4.78 is 57.7. The SMILES string of the molecule is CCN(CC)[C@H]1C[C@H](CN2C(=O)C(O)(c3c(F)cccc3Cl)c3c2cc(SC)cc3C(F)(F)F)C1. The second-order valence-electron chi connectivity index (χ2n) is 9.00. The minimum Gasteiger partial charge on any atom is -0.372 e. The summed E-state index contributed by atoms with van der Waals surface area (Å²) in [5.74, 6) is -2.02. The molecule has 35 heavy (non-hydrogen) atoms. The van der Waals surface area contributed by atoms with E-state index >= 15 is 0 Å². The van der Waals surface area contributed by atoms with Crippen molar-refractivity contribution in [3.63, 3.8) is 0 Å². The number of aliphatic hydroxyl groups is 1. The largest absolute Gasteiger partial charge is 0.416 e. The van der Waals surface area contributed by atoms with Gasteiger partial charge in [-0.05, 0) is 62.4 Å². The van der Waals surface area contributed by atoms with E-state index in [0.29, 0.717) is 6.04 Å². The molecule has 0 spiro atoms. The quantitative estimate of drug-likeness (QED) is 0.356. The Bertz CT molecular complexity index is 1110. The molecule has 0 aromatic heterocycles.